The fourth-order valence-corrected chi connectivity index (χ4v) is 4.54. The molecule has 2 N–H and O–H groups in total. The minimum Gasteiger partial charge on any atom is -0.293 e. The van der Waals surface area contributed by atoms with E-state index in [-0.39, 0.29) is 11.5 Å². The number of sulfonamides is 1. The van der Waals surface area contributed by atoms with E-state index in [9.17, 15) is 22.0 Å². The third kappa shape index (κ3) is 3.33. The zero-order chi connectivity index (χ0) is 22.6. The van der Waals surface area contributed by atoms with Gasteiger partial charge in [0.2, 0.25) is 10.0 Å². The average Bonchev–Trinajstić information content (AvgIpc) is 3.11. The third-order valence-corrected chi connectivity index (χ3v) is 6.38. The predicted octanol–water partition coefficient (Wildman–Crippen LogP) is 3.66. The number of benzene rings is 2. The molecule has 0 fully saturated rings. The lowest BCUT2D eigenvalue weighted by Crippen LogP contribution is -2.41. The van der Waals surface area contributed by atoms with Crippen molar-refractivity contribution >= 4 is 32.6 Å². The number of carbonyl (C=O) groups is 1. The molecular weight excluding hydrogens is 438 g/mol. The first-order chi connectivity index (χ1) is 15.2. The van der Waals surface area contributed by atoms with Crippen LogP contribution in [0.15, 0.2) is 65.7 Å². The van der Waals surface area contributed by atoms with E-state index in [0.29, 0.717) is 35.4 Å². The summed E-state index contributed by atoms with van der Waals surface area (Å²) < 4.78 is 52.2. The molecule has 1 amide bonds. The Morgan fingerprint density at radius 3 is 2.41 bits per heavy atom. The summed E-state index contributed by atoms with van der Waals surface area (Å²) >= 11 is 0. The number of nitrogens with two attached hydrogens (primary N) is 1. The van der Waals surface area contributed by atoms with Crippen molar-refractivity contribution in [3.63, 3.8) is 0 Å². The molecule has 1 aliphatic rings. The number of hydrogen-bond acceptors (Lipinski definition) is 4. The summed E-state index contributed by atoms with van der Waals surface area (Å²) in [5.74, 6) is -1.39. The highest BCUT2D eigenvalue weighted by atomic mass is 32.2. The second kappa shape index (κ2) is 7.21. The Labute approximate surface area is 181 Å². The fourth-order valence-electron chi connectivity index (χ4n) is 3.93. The van der Waals surface area contributed by atoms with Crippen LogP contribution >= 0.6 is 0 Å². The van der Waals surface area contributed by atoms with Gasteiger partial charge in [0.15, 0.2) is 0 Å². The number of amides is 1. The maximum absolute atomic E-state index is 14.2. The van der Waals surface area contributed by atoms with Gasteiger partial charge in [-0.3, -0.25) is 14.5 Å². The molecule has 0 bridgehead atoms. The number of anilines is 1. The third-order valence-electron chi connectivity index (χ3n) is 5.45. The molecule has 0 atom stereocenters. The Kier molecular flexibility index (Phi) is 4.57. The van der Waals surface area contributed by atoms with E-state index < -0.39 is 26.6 Å². The number of fused-ring (bicyclic) bond motifs is 3. The van der Waals surface area contributed by atoms with Gasteiger partial charge in [0, 0.05) is 35.3 Å². The van der Waals surface area contributed by atoms with Gasteiger partial charge in [-0.05, 0) is 42.5 Å². The first kappa shape index (κ1) is 20.3. The largest absolute Gasteiger partial charge is 0.333 e. The second-order valence-electron chi connectivity index (χ2n) is 7.45. The van der Waals surface area contributed by atoms with E-state index in [4.69, 9.17) is 5.14 Å². The van der Waals surface area contributed by atoms with Crippen molar-refractivity contribution in [2.24, 2.45) is 5.14 Å². The van der Waals surface area contributed by atoms with Crippen molar-refractivity contribution in [1.82, 2.24) is 9.55 Å². The molecule has 0 radical (unpaired) electrons. The molecule has 32 heavy (non-hydrogen) atoms. The zero-order valence-corrected chi connectivity index (χ0v) is 17.3. The van der Waals surface area contributed by atoms with Crippen LogP contribution in [-0.2, 0) is 16.4 Å². The van der Waals surface area contributed by atoms with Crippen molar-refractivity contribution in [2.45, 2.75) is 11.3 Å². The van der Waals surface area contributed by atoms with E-state index in [1.807, 2.05) is 0 Å². The summed E-state index contributed by atoms with van der Waals surface area (Å²) in [6.07, 6.45) is 1.63. The molecule has 0 saturated carbocycles. The van der Waals surface area contributed by atoms with E-state index in [1.165, 1.54) is 10.6 Å². The molecule has 10 heteroatoms. The number of pyridine rings is 1. The van der Waals surface area contributed by atoms with Crippen LogP contribution in [0, 0.1) is 11.6 Å². The van der Waals surface area contributed by atoms with Gasteiger partial charge in [-0.25, -0.2) is 27.1 Å². The van der Waals surface area contributed by atoms with Gasteiger partial charge in [-0.1, -0.05) is 12.1 Å². The Morgan fingerprint density at radius 1 is 1.00 bits per heavy atom. The summed E-state index contributed by atoms with van der Waals surface area (Å²) in [7, 11) is -4.29. The maximum atomic E-state index is 14.2. The Balaban J connectivity index is 1.53. The van der Waals surface area contributed by atoms with Crippen LogP contribution < -0.4 is 10.0 Å². The first-order valence-electron chi connectivity index (χ1n) is 9.63. The molecule has 0 unspecified atom stereocenters. The van der Waals surface area contributed by atoms with E-state index in [2.05, 4.69) is 4.98 Å². The highest BCUT2D eigenvalue weighted by Crippen LogP contribution is 2.31. The van der Waals surface area contributed by atoms with E-state index in [0.717, 1.165) is 23.9 Å². The molecule has 2 aromatic carbocycles. The lowest BCUT2D eigenvalue weighted by Gasteiger charge is -2.29. The molecular formula is C22H16F2N4O3S. The van der Waals surface area contributed by atoms with Crippen LogP contribution in [0.3, 0.4) is 0 Å². The summed E-state index contributed by atoms with van der Waals surface area (Å²) in [5, 5.41) is 5.53. The molecule has 162 valence electrons. The quantitative estimate of drug-likeness (QED) is 0.511. The molecule has 3 heterocycles. The summed E-state index contributed by atoms with van der Waals surface area (Å²) in [6, 6.07) is 13.4. The number of aromatic nitrogens is 2. The second-order valence-corrected chi connectivity index (χ2v) is 8.98. The highest BCUT2D eigenvalue weighted by molar-refractivity contribution is 7.89. The average molecular weight is 454 g/mol. The summed E-state index contributed by atoms with van der Waals surface area (Å²) in [5.41, 5.74) is 2.91. The van der Waals surface area contributed by atoms with Crippen molar-refractivity contribution in [2.75, 3.05) is 11.4 Å². The lowest BCUT2D eigenvalue weighted by atomic mass is 10.1. The molecule has 4 aromatic rings. The number of carbonyl (C=O) groups excluding carboxylic acids is 1. The highest BCUT2D eigenvalue weighted by Gasteiger charge is 2.28. The smallest absolute Gasteiger partial charge is 0.293 e. The Bertz CT molecular complexity index is 1480. The molecule has 2 aromatic heterocycles. The topological polar surface area (TPSA) is 98.3 Å². The number of primary sulfonamides is 1. The van der Waals surface area contributed by atoms with Gasteiger partial charge in [-0.2, -0.15) is 0 Å². The van der Waals surface area contributed by atoms with Crippen LogP contribution in [0.4, 0.5) is 19.3 Å². The molecule has 5 rings (SSSR count). The van der Waals surface area contributed by atoms with Gasteiger partial charge >= 0.3 is 6.03 Å². The molecule has 7 nitrogen and oxygen atoms in total. The normalized spacial score (nSPS) is 14.1. The predicted molar refractivity (Wildman–Crippen MR) is 115 cm³/mol. The minimum atomic E-state index is -4.29. The fraction of sp³-hybridized carbons (Fsp3) is 0.0909. The van der Waals surface area contributed by atoms with E-state index in [1.54, 1.807) is 41.3 Å². The zero-order valence-electron chi connectivity index (χ0n) is 16.5. The van der Waals surface area contributed by atoms with Crippen LogP contribution in [0.2, 0.25) is 0 Å². The molecule has 1 aliphatic heterocycles. The molecule has 0 spiro atoms. The van der Waals surface area contributed by atoms with E-state index >= 15 is 0 Å². The lowest BCUT2D eigenvalue weighted by molar-refractivity contribution is 0.246. The number of hydrogen-bond donors (Lipinski definition) is 1. The van der Waals surface area contributed by atoms with Crippen LogP contribution in [0.1, 0.15) is 5.69 Å². The molecule has 0 saturated heterocycles. The van der Waals surface area contributed by atoms with Crippen molar-refractivity contribution in [1.29, 1.82) is 0 Å². The number of rotatable bonds is 3. The maximum Gasteiger partial charge on any atom is 0.333 e. The van der Waals surface area contributed by atoms with Crippen LogP contribution in [0.5, 0.6) is 0 Å². The van der Waals surface area contributed by atoms with Crippen LogP contribution in [0.25, 0.3) is 22.2 Å². The molecule has 0 aliphatic carbocycles. The monoisotopic (exact) mass is 454 g/mol. The number of nitrogens with zero attached hydrogens (tertiary/aromatic N) is 3. The van der Waals surface area contributed by atoms with Crippen LogP contribution in [-0.4, -0.2) is 30.5 Å². The minimum absolute atomic E-state index is 0.271. The Morgan fingerprint density at radius 2 is 1.75 bits per heavy atom. The first-order valence-corrected chi connectivity index (χ1v) is 11.2. The Hall–Kier alpha value is -3.63. The van der Waals surface area contributed by atoms with Gasteiger partial charge in [0.25, 0.3) is 0 Å². The number of halogens is 2. The van der Waals surface area contributed by atoms with Crippen molar-refractivity contribution in [3.05, 3.63) is 78.1 Å². The van der Waals surface area contributed by atoms with Crippen molar-refractivity contribution in [3.8, 4) is 11.3 Å². The van der Waals surface area contributed by atoms with Gasteiger partial charge < -0.3 is 0 Å². The van der Waals surface area contributed by atoms with Gasteiger partial charge in [-0.15, -0.1) is 0 Å². The summed E-state index contributed by atoms with van der Waals surface area (Å²) in [4.78, 5) is 18.2. The van der Waals surface area contributed by atoms with Gasteiger partial charge in [0.05, 0.1) is 17.4 Å². The SMILES string of the molecule is NS(=O)(=O)c1cc2c(cc1F)cc1n2C(=O)N(c2ccc(-c3ccc(F)cn3)cc2)CC1. The standard InChI is InChI=1S/C22H16F2N4O3S/c23-15-3-6-19(26-12-15)13-1-4-16(5-2-13)27-8-7-17-9-14-10-18(24)21(32(25,30)31)11-20(14)28(17)22(27)29/h1-6,9-12H,7-8H2,(H2,25,30,31). The summed E-state index contributed by atoms with van der Waals surface area (Å²) in [6.45, 7) is 0.397. The van der Waals surface area contributed by atoms with Gasteiger partial charge in [0.1, 0.15) is 16.5 Å². The van der Waals surface area contributed by atoms with Crippen molar-refractivity contribution < 1.29 is 22.0 Å².